The summed E-state index contributed by atoms with van der Waals surface area (Å²) in [7, 11) is 0. The van der Waals surface area contributed by atoms with Crippen LogP contribution in [0.5, 0.6) is 5.75 Å². The minimum atomic E-state index is -0.374. The number of halogens is 2. The van der Waals surface area contributed by atoms with E-state index in [4.69, 9.17) is 32.7 Å². The third-order valence-corrected chi connectivity index (χ3v) is 6.06. The molecular formula is C26H25Cl2N3O4. The second-order valence-electron chi connectivity index (χ2n) is 8.01. The molecule has 2 N–H and O–H groups in total. The van der Waals surface area contributed by atoms with Crippen molar-refractivity contribution in [3.8, 4) is 5.75 Å². The quantitative estimate of drug-likeness (QED) is 0.441. The summed E-state index contributed by atoms with van der Waals surface area (Å²) < 4.78 is 11.1. The summed E-state index contributed by atoms with van der Waals surface area (Å²) in [4.78, 5) is 27.5. The fraction of sp³-hybridized carbons (Fsp3) is 0.231. The summed E-state index contributed by atoms with van der Waals surface area (Å²) in [6.45, 7) is 4.45. The molecule has 0 bridgehead atoms. The van der Waals surface area contributed by atoms with E-state index in [2.05, 4.69) is 15.5 Å². The lowest BCUT2D eigenvalue weighted by Crippen LogP contribution is -2.36. The molecule has 2 amide bonds. The Labute approximate surface area is 213 Å². The van der Waals surface area contributed by atoms with E-state index in [1.54, 1.807) is 48.5 Å². The van der Waals surface area contributed by atoms with Gasteiger partial charge in [0.05, 0.1) is 29.5 Å². The van der Waals surface area contributed by atoms with Gasteiger partial charge in [0, 0.05) is 29.5 Å². The van der Waals surface area contributed by atoms with Crippen LogP contribution in [-0.2, 0) is 9.53 Å². The average molecular weight is 514 g/mol. The van der Waals surface area contributed by atoms with Gasteiger partial charge in [-0.2, -0.15) is 0 Å². The number of anilines is 3. The predicted octanol–water partition coefficient (Wildman–Crippen LogP) is 5.41. The van der Waals surface area contributed by atoms with Crippen molar-refractivity contribution in [3.63, 3.8) is 0 Å². The van der Waals surface area contributed by atoms with E-state index in [9.17, 15) is 9.59 Å². The topological polar surface area (TPSA) is 79.9 Å². The number of carbonyl (C=O) groups excluding carboxylic acids is 2. The summed E-state index contributed by atoms with van der Waals surface area (Å²) in [6, 6.07) is 17.4. The second-order valence-corrected chi connectivity index (χ2v) is 8.86. The van der Waals surface area contributed by atoms with Gasteiger partial charge in [0.25, 0.3) is 11.8 Å². The van der Waals surface area contributed by atoms with Crippen molar-refractivity contribution in [2.75, 3.05) is 48.4 Å². The molecule has 3 aromatic rings. The van der Waals surface area contributed by atoms with E-state index in [-0.39, 0.29) is 18.4 Å². The van der Waals surface area contributed by atoms with Gasteiger partial charge in [-0.25, -0.2) is 0 Å². The molecule has 9 heteroatoms. The van der Waals surface area contributed by atoms with E-state index in [0.717, 1.165) is 24.3 Å². The smallest absolute Gasteiger partial charge is 0.262 e. The summed E-state index contributed by atoms with van der Waals surface area (Å²) in [5, 5.41) is 6.69. The van der Waals surface area contributed by atoms with Crippen LogP contribution in [-0.4, -0.2) is 44.7 Å². The van der Waals surface area contributed by atoms with Gasteiger partial charge in [-0.3, -0.25) is 9.59 Å². The summed E-state index contributed by atoms with van der Waals surface area (Å²) >= 11 is 12.5. The molecule has 0 unspecified atom stereocenters. The van der Waals surface area contributed by atoms with E-state index < -0.39 is 0 Å². The number of morpholine rings is 1. The predicted molar refractivity (Wildman–Crippen MR) is 139 cm³/mol. The Morgan fingerprint density at radius 2 is 1.77 bits per heavy atom. The molecule has 1 heterocycles. The van der Waals surface area contributed by atoms with E-state index in [0.29, 0.717) is 45.9 Å². The zero-order valence-corrected chi connectivity index (χ0v) is 20.7. The van der Waals surface area contributed by atoms with Gasteiger partial charge < -0.3 is 25.0 Å². The maximum Gasteiger partial charge on any atom is 0.262 e. The van der Waals surface area contributed by atoms with Gasteiger partial charge in [-0.05, 0) is 55.0 Å². The van der Waals surface area contributed by atoms with Crippen LogP contribution in [0.25, 0.3) is 0 Å². The van der Waals surface area contributed by atoms with Crippen molar-refractivity contribution in [3.05, 3.63) is 81.8 Å². The Morgan fingerprint density at radius 3 is 2.54 bits per heavy atom. The molecule has 35 heavy (non-hydrogen) atoms. The maximum absolute atomic E-state index is 12.9. The maximum atomic E-state index is 12.9. The molecule has 0 atom stereocenters. The van der Waals surface area contributed by atoms with Crippen LogP contribution in [0, 0.1) is 6.92 Å². The molecule has 1 aliphatic heterocycles. The molecule has 4 rings (SSSR count). The first-order valence-corrected chi connectivity index (χ1v) is 11.9. The Hall–Kier alpha value is -3.26. The standard InChI is InChI=1S/C26H25Cl2N3O4/c1-17-6-7-18(27)14-22(17)30-26(33)20-4-2-3-5-24(20)35-16-25(32)29-19-8-9-23(21(28)15-19)31-10-12-34-13-11-31/h2-9,14-15H,10-13,16H2,1H3,(H,29,32)(H,30,33). The minimum Gasteiger partial charge on any atom is -0.483 e. The number of aryl methyl sites for hydroxylation is 1. The number of amides is 2. The van der Waals surface area contributed by atoms with Crippen molar-refractivity contribution in [2.24, 2.45) is 0 Å². The molecule has 0 aromatic heterocycles. The highest BCUT2D eigenvalue weighted by atomic mass is 35.5. The number of nitrogens with one attached hydrogen (secondary N) is 2. The fourth-order valence-corrected chi connectivity index (χ4v) is 4.16. The highest BCUT2D eigenvalue weighted by Gasteiger charge is 2.17. The highest BCUT2D eigenvalue weighted by Crippen LogP contribution is 2.29. The number of hydrogen-bond acceptors (Lipinski definition) is 5. The Balaban J connectivity index is 1.37. The van der Waals surface area contributed by atoms with Gasteiger partial charge in [0.1, 0.15) is 5.75 Å². The SMILES string of the molecule is Cc1ccc(Cl)cc1NC(=O)c1ccccc1OCC(=O)Nc1ccc(N2CCOCC2)c(Cl)c1. The van der Waals surface area contributed by atoms with Crippen LogP contribution >= 0.6 is 23.2 Å². The molecule has 182 valence electrons. The van der Waals surface area contributed by atoms with Crippen molar-refractivity contribution < 1.29 is 19.1 Å². The first-order valence-electron chi connectivity index (χ1n) is 11.1. The first-order chi connectivity index (χ1) is 16.9. The number of carbonyl (C=O) groups is 2. The number of para-hydroxylation sites is 1. The van der Waals surface area contributed by atoms with E-state index in [1.807, 2.05) is 19.1 Å². The third kappa shape index (κ3) is 6.45. The first kappa shape index (κ1) is 24.9. The number of rotatable bonds is 7. The lowest BCUT2D eigenvalue weighted by Gasteiger charge is -2.29. The summed E-state index contributed by atoms with van der Waals surface area (Å²) in [5.74, 6) is -0.446. The van der Waals surface area contributed by atoms with Crippen molar-refractivity contribution >= 4 is 52.1 Å². The summed E-state index contributed by atoms with van der Waals surface area (Å²) in [6.07, 6.45) is 0. The molecule has 0 saturated carbocycles. The Bertz CT molecular complexity index is 1230. The third-order valence-electron chi connectivity index (χ3n) is 5.52. The van der Waals surface area contributed by atoms with Crippen LogP contribution in [0.3, 0.4) is 0 Å². The molecule has 0 spiro atoms. The number of nitrogens with zero attached hydrogens (tertiary/aromatic N) is 1. The van der Waals surface area contributed by atoms with Gasteiger partial charge >= 0.3 is 0 Å². The molecule has 3 aromatic carbocycles. The van der Waals surface area contributed by atoms with Crippen LogP contribution in [0.2, 0.25) is 10.0 Å². The van der Waals surface area contributed by atoms with E-state index >= 15 is 0 Å². The van der Waals surface area contributed by atoms with Crippen molar-refractivity contribution in [2.45, 2.75) is 6.92 Å². The number of ether oxygens (including phenoxy) is 2. The van der Waals surface area contributed by atoms with Crippen LogP contribution < -0.4 is 20.3 Å². The highest BCUT2D eigenvalue weighted by molar-refractivity contribution is 6.33. The molecule has 0 radical (unpaired) electrons. The largest absolute Gasteiger partial charge is 0.483 e. The zero-order valence-electron chi connectivity index (χ0n) is 19.1. The molecule has 1 saturated heterocycles. The summed E-state index contributed by atoms with van der Waals surface area (Å²) in [5.41, 5.74) is 3.24. The number of benzene rings is 3. The monoisotopic (exact) mass is 513 g/mol. The fourth-order valence-electron chi connectivity index (χ4n) is 3.68. The zero-order chi connectivity index (χ0) is 24.8. The lowest BCUT2D eigenvalue weighted by molar-refractivity contribution is -0.118. The molecule has 7 nitrogen and oxygen atoms in total. The molecule has 1 fully saturated rings. The lowest BCUT2D eigenvalue weighted by atomic mass is 10.1. The van der Waals surface area contributed by atoms with Gasteiger partial charge in [0.2, 0.25) is 0 Å². The van der Waals surface area contributed by atoms with Crippen LogP contribution in [0.15, 0.2) is 60.7 Å². The van der Waals surface area contributed by atoms with Gasteiger partial charge in [-0.15, -0.1) is 0 Å². The van der Waals surface area contributed by atoms with Gasteiger partial charge in [-0.1, -0.05) is 41.4 Å². The van der Waals surface area contributed by atoms with Crippen molar-refractivity contribution in [1.29, 1.82) is 0 Å². The molecule has 0 aliphatic carbocycles. The normalized spacial score (nSPS) is 13.3. The number of hydrogen-bond donors (Lipinski definition) is 2. The Kier molecular flexibility index (Phi) is 8.13. The van der Waals surface area contributed by atoms with Crippen LogP contribution in [0.4, 0.5) is 17.1 Å². The van der Waals surface area contributed by atoms with Gasteiger partial charge in [0.15, 0.2) is 6.61 Å². The molecule has 1 aliphatic rings. The molecular weight excluding hydrogens is 489 g/mol. The van der Waals surface area contributed by atoms with Crippen molar-refractivity contribution in [1.82, 2.24) is 0 Å². The Morgan fingerprint density at radius 1 is 1.00 bits per heavy atom. The minimum absolute atomic E-state index is 0.274. The average Bonchev–Trinajstić information content (AvgIpc) is 2.86. The van der Waals surface area contributed by atoms with E-state index in [1.165, 1.54) is 0 Å². The van der Waals surface area contributed by atoms with Crippen LogP contribution in [0.1, 0.15) is 15.9 Å². The second kappa shape index (κ2) is 11.4.